The number of nitrogens with one attached hydrogen (secondary N) is 2. The number of hydrogen-bond donors (Lipinski definition) is 2. The van der Waals surface area contributed by atoms with Gasteiger partial charge < -0.3 is 19.4 Å². The summed E-state index contributed by atoms with van der Waals surface area (Å²) in [4.78, 5) is 30.9. The highest BCUT2D eigenvalue weighted by Crippen LogP contribution is 2.40. The summed E-state index contributed by atoms with van der Waals surface area (Å²) in [5.41, 5.74) is -0.107. The van der Waals surface area contributed by atoms with Crippen LogP contribution >= 0.6 is 0 Å². The molecule has 0 fully saturated rings. The summed E-state index contributed by atoms with van der Waals surface area (Å²) in [6.45, 7) is 3.26. The van der Waals surface area contributed by atoms with Crippen LogP contribution in [0.4, 0.5) is 8.78 Å². The molecule has 2 N–H and O–H groups in total. The van der Waals surface area contributed by atoms with Gasteiger partial charge in [0.1, 0.15) is 17.3 Å². The van der Waals surface area contributed by atoms with Gasteiger partial charge in [-0.25, -0.2) is 22.0 Å². The molecule has 0 aliphatic rings. The number of carbonyl (C=O) groups is 1. The predicted octanol–water partition coefficient (Wildman–Crippen LogP) is 4.48. The van der Waals surface area contributed by atoms with E-state index in [0.29, 0.717) is 17.1 Å². The summed E-state index contributed by atoms with van der Waals surface area (Å²) in [7, 11) is -3.71. The summed E-state index contributed by atoms with van der Waals surface area (Å²) in [6, 6.07) is 6.52. The molecular weight excluding hydrogens is 482 g/mol. The zero-order chi connectivity index (χ0) is 25.5. The van der Waals surface area contributed by atoms with Crippen molar-refractivity contribution in [3.8, 4) is 22.6 Å². The van der Waals surface area contributed by atoms with Gasteiger partial charge in [0.2, 0.25) is 0 Å². The van der Waals surface area contributed by atoms with E-state index in [1.165, 1.54) is 24.4 Å². The standard InChI is InChI=1S/C24H20F2N2O6S/c1-4-33-24(30)22-21(16-11-27-12(2)20(16)23(29)28-22)15-10-14(35(3,31)32)6-8-18(15)34-19-7-5-13(25)9-17(19)26/h5-11,27H,4H2,1-3H3,(H,28,29). The average molecular weight is 502 g/mol. The fourth-order valence-electron chi connectivity index (χ4n) is 3.73. The number of pyridine rings is 1. The van der Waals surface area contributed by atoms with Crippen LogP contribution < -0.4 is 10.3 Å². The molecule has 8 nitrogen and oxygen atoms in total. The lowest BCUT2D eigenvalue weighted by molar-refractivity contribution is 0.0520. The van der Waals surface area contributed by atoms with E-state index in [1.807, 2.05) is 0 Å². The van der Waals surface area contributed by atoms with Crippen molar-refractivity contribution in [3.63, 3.8) is 0 Å². The van der Waals surface area contributed by atoms with Gasteiger partial charge in [0, 0.05) is 40.7 Å². The Balaban J connectivity index is 2.08. The lowest BCUT2D eigenvalue weighted by Crippen LogP contribution is -2.17. The van der Waals surface area contributed by atoms with Gasteiger partial charge in [-0.1, -0.05) is 0 Å². The largest absolute Gasteiger partial charge is 0.461 e. The van der Waals surface area contributed by atoms with Crippen molar-refractivity contribution in [3.05, 3.63) is 76.0 Å². The number of hydrogen-bond acceptors (Lipinski definition) is 6. The Morgan fingerprint density at radius 1 is 1.09 bits per heavy atom. The second-order valence-electron chi connectivity index (χ2n) is 7.73. The normalized spacial score (nSPS) is 11.6. The molecule has 0 radical (unpaired) electrons. The van der Waals surface area contributed by atoms with Crippen LogP contribution in [-0.4, -0.2) is 37.2 Å². The van der Waals surface area contributed by atoms with Crippen molar-refractivity contribution >= 4 is 26.6 Å². The highest BCUT2D eigenvalue weighted by molar-refractivity contribution is 7.90. The van der Waals surface area contributed by atoms with Crippen LogP contribution in [0.15, 0.2) is 52.3 Å². The second-order valence-corrected chi connectivity index (χ2v) is 9.75. The highest BCUT2D eigenvalue weighted by Gasteiger charge is 2.26. The number of esters is 1. The number of aryl methyl sites for hydroxylation is 1. The number of aromatic nitrogens is 2. The molecule has 35 heavy (non-hydrogen) atoms. The number of aromatic amines is 2. The van der Waals surface area contributed by atoms with Crippen LogP contribution in [0.5, 0.6) is 11.5 Å². The van der Waals surface area contributed by atoms with Gasteiger partial charge in [0.15, 0.2) is 21.4 Å². The number of rotatable bonds is 6. The van der Waals surface area contributed by atoms with Gasteiger partial charge in [-0.05, 0) is 44.2 Å². The quantitative estimate of drug-likeness (QED) is 0.375. The smallest absolute Gasteiger partial charge is 0.355 e. The third kappa shape index (κ3) is 4.54. The van der Waals surface area contributed by atoms with Crippen molar-refractivity contribution in [2.75, 3.05) is 12.9 Å². The first-order chi connectivity index (χ1) is 16.5. The summed E-state index contributed by atoms with van der Waals surface area (Å²) in [5.74, 6) is -3.02. The van der Waals surface area contributed by atoms with Gasteiger partial charge in [-0.3, -0.25) is 4.79 Å². The van der Waals surface area contributed by atoms with E-state index in [0.717, 1.165) is 18.4 Å². The molecule has 0 atom stereocenters. The third-order valence-corrected chi connectivity index (χ3v) is 6.41. The van der Waals surface area contributed by atoms with E-state index in [9.17, 15) is 26.8 Å². The third-order valence-electron chi connectivity index (χ3n) is 5.30. The molecule has 11 heteroatoms. The van der Waals surface area contributed by atoms with Crippen molar-refractivity contribution in [1.82, 2.24) is 9.97 Å². The number of sulfone groups is 1. The van der Waals surface area contributed by atoms with E-state index in [1.54, 1.807) is 13.8 Å². The van der Waals surface area contributed by atoms with Crippen molar-refractivity contribution in [2.24, 2.45) is 0 Å². The van der Waals surface area contributed by atoms with Gasteiger partial charge in [-0.2, -0.15) is 0 Å². The molecule has 2 aromatic carbocycles. The maximum Gasteiger partial charge on any atom is 0.355 e. The van der Waals surface area contributed by atoms with Crippen molar-refractivity contribution in [1.29, 1.82) is 0 Å². The SMILES string of the molecule is CCOC(=O)c1[nH]c(=O)c2c(C)[nH]cc2c1-c1cc(S(C)(=O)=O)ccc1Oc1ccc(F)cc1F. The minimum atomic E-state index is -3.71. The predicted molar refractivity (Wildman–Crippen MR) is 125 cm³/mol. The first-order valence-electron chi connectivity index (χ1n) is 10.4. The maximum atomic E-state index is 14.4. The topological polar surface area (TPSA) is 118 Å². The Labute approximate surface area is 198 Å². The van der Waals surface area contributed by atoms with Gasteiger partial charge in [0.25, 0.3) is 5.56 Å². The lowest BCUT2D eigenvalue weighted by atomic mass is 9.98. The number of benzene rings is 2. The zero-order valence-corrected chi connectivity index (χ0v) is 19.7. The molecule has 0 unspecified atom stereocenters. The van der Waals surface area contributed by atoms with Gasteiger partial charge in [-0.15, -0.1) is 0 Å². The van der Waals surface area contributed by atoms with Crippen LogP contribution in [0.25, 0.3) is 21.9 Å². The molecule has 2 aromatic heterocycles. The number of H-pyrrole nitrogens is 2. The molecule has 0 aliphatic carbocycles. The molecule has 0 amide bonds. The Bertz CT molecular complexity index is 1640. The van der Waals surface area contributed by atoms with Crippen molar-refractivity contribution in [2.45, 2.75) is 18.7 Å². The minimum absolute atomic E-state index is 0.0119. The fraction of sp³-hybridized carbons (Fsp3) is 0.167. The minimum Gasteiger partial charge on any atom is -0.461 e. The summed E-state index contributed by atoms with van der Waals surface area (Å²) in [6.07, 6.45) is 2.49. The van der Waals surface area contributed by atoms with Crippen molar-refractivity contribution < 1.29 is 31.5 Å². The summed E-state index contributed by atoms with van der Waals surface area (Å²) in [5, 5.41) is 0.529. The fourth-order valence-corrected chi connectivity index (χ4v) is 4.37. The summed E-state index contributed by atoms with van der Waals surface area (Å²) >= 11 is 0. The number of carbonyl (C=O) groups excluding carboxylic acids is 1. The Kier molecular flexibility index (Phi) is 6.20. The second kappa shape index (κ2) is 8.99. The summed E-state index contributed by atoms with van der Waals surface area (Å²) < 4.78 is 63.2. The van der Waals surface area contributed by atoms with Gasteiger partial charge in [0.05, 0.1) is 16.9 Å². The molecule has 0 saturated carbocycles. The Morgan fingerprint density at radius 3 is 2.46 bits per heavy atom. The molecule has 0 aliphatic heterocycles. The molecule has 0 spiro atoms. The molecular formula is C24H20F2N2O6S. The van der Waals surface area contributed by atoms with E-state index in [4.69, 9.17) is 9.47 Å². The van der Waals surface area contributed by atoms with Crippen LogP contribution in [-0.2, 0) is 14.6 Å². The molecule has 0 saturated heterocycles. The van der Waals surface area contributed by atoms with Crippen LogP contribution in [0.3, 0.4) is 0 Å². The molecule has 4 rings (SSSR count). The molecule has 182 valence electrons. The number of fused-ring (bicyclic) bond motifs is 1. The van der Waals surface area contributed by atoms with E-state index < -0.39 is 33.0 Å². The average Bonchev–Trinajstić information content (AvgIpc) is 3.17. The first-order valence-corrected chi connectivity index (χ1v) is 12.3. The molecule has 0 bridgehead atoms. The van der Waals surface area contributed by atoms with E-state index >= 15 is 0 Å². The molecule has 4 aromatic rings. The first kappa shape index (κ1) is 24.1. The monoisotopic (exact) mass is 502 g/mol. The number of halogens is 2. The highest BCUT2D eigenvalue weighted by atomic mass is 32.2. The van der Waals surface area contributed by atoms with Crippen LogP contribution in [0, 0.1) is 18.6 Å². The Hall–Kier alpha value is -3.99. The number of ether oxygens (including phenoxy) is 2. The van der Waals surface area contributed by atoms with Gasteiger partial charge >= 0.3 is 5.97 Å². The van der Waals surface area contributed by atoms with E-state index in [-0.39, 0.29) is 45.2 Å². The lowest BCUT2D eigenvalue weighted by Gasteiger charge is -2.16. The van der Waals surface area contributed by atoms with Crippen LogP contribution in [0.2, 0.25) is 0 Å². The Morgan fingerprint density at radius 2 is 1.80 bits per heavy atom. The zero-order valence-electron chi connectivity index (χ0n) is 18.9. The maximum absolute atomic E-state index is 14.4. The van der Waals surface area contributed by atoms with Crippen LogP contribution in [0.1, 0.15) is 23.1 Å². The van der Waals surface area contributed by atoms with E-state index in [2.05, 4.69) is 9.97 Å². The molecule has 2 heterocycles.